The molecule has 1 heterocycles. The Morgan fingerprint density at radius 3 is 2.43 bits per heavy atom. The van der Waals surface area contributed by atoms with Crippen LogP contribution in [-0.2, 0) is 6.54 Å². The molecule has 1 atom stereocenters. The Hall–Kier alpha value is -0.650. The van der Waals surface area contributed by atoms with Crippen molar-refractivity contribution in [1.29, 1.82) is 0 Å². The fourth-order valence-corrected chi connectivity index (χ4v) is 3.48. The van der Waals surface area contributed by atoms with Crippen molar-refractivity contribution in [3.63, 3.8) is 0 Å². The van der Waals surface area contributed by atoms with Crippen molar-refractivity contribution in [3.05, 3.63) is 11.1 Å². The van der Waals surface area contributed by atoms with Gasteiger partial charge in [-0.1, -0.05) is 13.8 Å². The van der Waals surface area contributed by atoms with Crippen LogP contribution < -0.4 is 10.2 Å². The molecule has 0 fully saturated rings. The highest BCUT2D eigenvalue weighted by atomic mass is 32.1. The molecule has 0 saturated heterocycles. The Labute approximate surface area is 134 Å². The molecule has 1 unspecified atom stereocenters. The molecule has 0 saturated carbocycles. The maximum Gasteiger partial charge on any atom is 0.185 e. The Kier molecular flexibility index (Phi) is 8.22. The molecule has 0 spiro atoms. The van der Waals surface area contributed by atoms with Crippen LogP contribution >= 0.6 is 11.3 Å². The number of nitrogens with one attached hydrogen (secondary N) is 1. The molecule has 1 aromatic heterocycles. The summed E-state index contributed by atoms with van der Waals surface area (Å²) in [4.78, 5) is 10.4. The van der Waals surface area contributed by atoms with Gasteiger partial charge in [0.15, 0.2) is 5.13 Å². The van der Waals surface area contributed by atoms with Crippen molar-refractivity contribution in [2.45, 2.75) is 46.7 Å². The maximum atomic E-state index is 4.55. The van der Waals surface area contributed by atoms with Crippen LogP contribution in [0.5, 0.6) is 0 Å². The monoisotopic (exact) mass is 312 g/mol. The zero-order valence-electron chi connectivity index (χ0n) is 14.5. The first-order valence-electron chi connectivity index (χ1n) is 8.03. The fraction of sp³-hybridized carbons (Fsp3) is 0.812. The fourth-order valence-electron chi connectivity index (χ4n) is 2.50. The van der Waals surface area contributed by atoms with Gasteiger partial charge in [-0.3, -0.25) is 0 Å². The van der Waals surface area contributed by atoms with E-state index in [9.17, 15) is 0 Å². The Balaban J connectivity index is 2.55. The summed E-state index contributed by atoms with van der Waals surface area (Å²) in [6.07, 6.45) is 3.23. The van der Waals surface area contributed by atoms with E-state index >= 15 is 0 Å². The molecule has 0 radical (unpaired) electrons. The van der Waals surface area contributed by atoms with Gasteiger partial charge in [0.05, 0.1) is 0 Å². The number of aromatic nitrogens is 1. The van der Waals surface area contributed by atoms with Gasteiger partial charge in [-0.05, 0) is 40.3 Å². The molecule has 1 N–H and O–H groups in total. The second-order valence-electron chi connectivity index (χ2n) is 6.25. The van der Waals surface area contributed by atoms with Crippen LogP contribution in [0.2, 0.25) is 0 Å². The highest BCUT2D eigenvalue weighted by Crippen LogP contribution is 2.22. The topological polar surface area (TPSA) is 31.4 Å². The number of likely N-dealkylation sites (N-methyl/N-ethyl adjacent to an activating group) is 1. The highest BCUT2D eigenvalue weighted by Gasteiger charge is 2.13. The predicted octanol–water partition coefficient (Wildman–Crippen LogP) is 3.06. The van der Waals surface area contributed by atoms with Gasteiger partial charge in [-0.25, -0.2) is 4.98 Å². The van der Waals surface area contributed by atoms with Crippen LogP contribution in [0.4, 0.5) is 5.13 Å². The maximum absolute atomic E-state index is 4.55. The van der Waals surface area contributed by atoms with Crippen molar-refractivity contribution in [3.8, 4) is 0 Å². The summed E-state index contributed by atoms with van der Waals surface area (Å²) in [7, 11) is 4.28. The third-order valence-corrected chi connectivity index (χ3v) is 4.54. The minimum Gasteiger partial charge on any atom is -0.349 e. The average molecular weight is 313 g/mol. The van der Waals surface area contributed by atoms with Crippen LogP contribution in [-0.4, -0.2) is 49.7 Å². The van der Waals surface area contributed by atoms with Gasteiger partial charge < -0.3 is 15.1 Å². The molecular formula is C16H32N4S. The smallest absolute Gasteiger partial charge is 0.185 e. The highest BCUT2D eigenvalue weighted by molar-refractivity contribution is 7.15. The molecule has 1 rings (SSSR count). The number of nitrogens with zero attached hydrogens (tertiary/aromatic N) is 3. The summed E-state index contributed by atoms with van der Waals surface area (Å²) < 4.78 is 0. The molecule has 0 bridgehead atoms. The lowest BCUT2D eigenvalue weighted by Crippen LogP contribution is -2.38. The van der Waals surface area contributed by atoms with Gasteiger partial charge in [0.25, 0.3) is 0 Å². The molecule has 122 valence electrons. The third-order valence-electron chi connectivity index (χ3n) is 3.48. The van der Waals surface area contributed by atoms with Crippen LogP contribution in [0.15, 0.2) is 6.20 Å². The van der Waals surface area contributed by atoms with Crippen LogP contribution in [0.3, 0.4) is 0 Å². The predicted molar refractivity (Wildman–Crippen MR) is 94.3 cm³/mol. The lowest BCUT2D eigenvalue weighted by Gasteiger charge is -2.23. The minimum atomic E-state index is 0.541. The molecule has 0 aliphatic carbocycles. The molecule has 21 heavy (non-hydrogen) atoms. The van der Waals surface area contributed by atoms with E-state index < -0.39 is 0 Å². The van der Waals surface area contributed by atoms with E-state index in [0.717, 1.165) is 37.2 Å². The van der Waals surface area contributed by atoms with Crippen molar-refractivity contribution in [2.24, 2.45) is 5.92 Å². The molecule has 0 aliphatic heterocycles. The number of thiazole rings is 1. The van der Waals surface area contributed by atoms with Crippen molar-refractivity contribution in [2.75, 3.05) is 38.6 Å². The number of anilines is 1. The zero-order valence-corrected chi connectivity index (χ0v) is 15.3. The first-order valence-corrected chi connectivity index (χ1v) is 8.85. The van der Waals surface area contributed by atoms with Gasteiger partial charge in [-0.15, -0.1) is 11.3 Å². The SMILES string of the molecule is CCN(CC)c1ncc(CNC(CC(C)C)CN(C)C)s1. The van der Waals surface area contributed by atoms with Crippen LogP contribution in [0.25, 0.3) is 0 Å². The van der Waals surface area contributed by atoms with E-state index in [4.69, 9.17) is 0 Å². The van der Waals surface area contributed by atoms with E-state index in [2.05, 4.69) is 61.9 Å². The lowest BCUT2D eigenvalue weighted by molar-refractivity contribution is 0.305. The lowest BCUT2D eigenvalue weighted by atomic mass is 10.0. The van der Waals surface area contributed by atoms with E-state index in [-0.39, 0.29) is 0 Å². The van der Waals surface area contributed by atoms with E-state index in [1.807, 2.05) is 17.5 Å². The van der Waals surface area contributed by atoms with Gasteiger partial charge >= 0.3 is 0 Å². The van der Waals surface area contributed by atoms with Crippen LogP contribution in [0.1, 0.15) is 39.0 Å². The second-order valence-corrected chi connectivity index (χ2v) is 7.34. The largest absolute Gasteiger partial charge is 0.349 e. The molecular weight excluding hydrogens is 280 g/mol. The summed E-state index contributed by atoms with van der Waals surface area (Å²) in [5.74, 6) is 0.718. The van der Waals surface area contributed by atoms with Crippen molar-refractivity contribution >= 4 is 16.5 Å². The summed E-state index contributed by atoms with van der Waals surface area (Å²) in [5.41, 5.74) is 0. The van der Waals surface area contributed by atoms with Gasteiger partial charge in [0.1, 0.15) is 0 Å². The van der Waals surface area contributed by atoms with Crippen LogP contribution in [0, 0.1) is 5.92 Å². The molecule has 4 nitrogen and oxygen atoms in total. The summed E-state index contributed by atoms with van der Waals surface area (Å²) in [5, 5.41) is 4.84. The number of rotatable bonds is 10. The molecule has 0 aromatic carbocycles. The van der Waals surface area contributed by atoms with E-state index in [1.165, 1.54) is 11.3 Å². The second kappa shape index (κ2) is 9.38. The Morgan fingerprint density at radius 1 is 1.24 bits per heavy atom. The first-order chi connectivity index (χ1) is 9.96. The molecule has 0 aliphatic rings. The molecule has 0 amide bonds. The molecule has 1 aromatic rings. The quantitative estimate of drug-likeness (QED) is 0.719. The van der Waals surface area contributed by atoms with E-state index in [1.54, 1.807) is 0 Å². The zero-order chi connectivity index (χ0) is 15.8. The normalized spacial score (nSPS) is 13.1. The third kappa shape index (κ3) is 6.76. The first kappa shape index (κ1) is 18.4. The molecule has 5 heteroatoms. The van der Waals surface area contributed by atoms with E-state index in [0.29, 0.717) is 6.04 Å². The van der Waals surface area contributed by atoms with Crippen molar-refractivity contribution in [1.82, 2.24) is 15.2 Å². The minimum absolute atomic E-state index is 0.541. The van der Waals surface area contributed by atoms with Gasteiger partial charge in [0, 0.05) is 43.3 Å². The summed E-state index contributed by atoms with van der Waals surface area (Å²) >= 11 is 1.81. The summed E-state index contributed by atoms with van der Waals surface area (Å²) in [6.45, 7) is 13.0. The standard InChI is InChI=1S/C16H32N4S/c1-7-20(8-2)16-18-11-15(21-16)10-17-14(9-13(3)4)12-19(5)6/h11,13-14,17H,7-10,12H2,1-6H3. The number of hydrogen-bond acceptors (Lipinski definition) is 5. The van der Waals surface area contributed by atoms with Gasteiger partial charge in [0.2, 0.25) is 0 Å². The van der Waals surface area contributed by atoms with Crippen molar-refractivity contribution < 1.29 is 0 Å². The summed E-state index contributed by atoms with van der Waals surface area (Å²) in [6, 6.07) is 0.541. The Morgan fingerprint density at radius 2 is 1.90 bits per heavy atom. The number of hydrogen-bond donors (Lipinski definition) is 1. The average Bonchev–Trinajstić information content (AvgIpc) is 2.85. The van der Waals surface area contributed by atoms with Gasteiger partial charge in [-0.2, -0.15) is 0 Å². The Bertz CT molecular complexity index is 375.